The zero-order valence-electron chi connectivity index (χ0n) is 16.8. The van der Waals surface area contributed by atoms with Crippen LogP contribution in [0.15, 0.2) is 48.5 Å². The van der Waals surface area contributed by atoms with Crippen molar-refractivity contribution >= 4 is 5.91 Å². The first-order valence-corrected chi connectivity index (χ1v) is 9.91. The first kappa shape index (κ1) is 20.2. The van der Waals surface area contributed by atoms with Gasteiger partial charge in [0.1, 0.15) is 6.61 Å². The highest BCUT2D eigenvalue weighted by molar-refractivity contribution is 5.79. The molecule has 0 unspecified atom stereocenters. The van der Waals surface area contributed by atoms with E-state index >= 15 is 0 Å². The molecule has 2 aromatic rings. The second kappa shape index (κ2) is 9.60. The van der Waals surface area contributed by atoms with Crippen LogP contribution in [-0.2, 0) is 17.9 Å². The lowest BCUT2D eigenvalue weighted by Gasteiger charge is -2.25. The van der Waals surface area contributed by atoms with E-state index in [1.54, 1.807) is 12.0 Å². The van der Waals surface area contributed by atoms with Gasteiger partial charge < -0.3 is 20.1 Å². The highest BCUT2D eigenvalue weighted by Gasteiger charge is 2.33. The number of rotatable bonds is 8. The minimum atomic E-state index is 0.0605. The van der Waals surface area contributed by atoms with Crippen LogP contribution in [0.4, 0.5) is 0 Å². The lowest BCUT2D eigenvalue weighted by molar-refractivity contribution is -0.135. The predicted octanol–water partition coefficient (Wildman–Crippen LogP) is 3.61. The van der Waals surface area contributed by atoms with Gasteiger partial charge in [0.05, 0.1) is 7.11 Å². The van der Waals surface area contributed by atoms with Gasteiger partial charge in [-0.15, -0.1) is 0 Å². The molecule has 0 saturated heterocycles. The Hall–Kier alpha value is -2.53. The molecule has 2 N–H and O–H groups in total. The fourth-order valence-electron chi connectivity index (χ4n) is 3.94. The number of hydrogen-bond donors (Lipinski definition) is 1. The Kier molecular flexibility index (Phi) is 6.93. The molecular weight excluding hydrogens is 352 g/mol. The quantitative estimate of drug-likeness (QED) is 0.757. The molecule has 150 valence electrons. The standard InChI is InChI=1S/C23H30N2O3/c1-25(23(26)20-10-6-9-19(20)14-24)15-18-11-12-21(22(13-18)27-2)28-16-17-7-4-3-5-8-17/h3-5,7-8,11-13,19-20H,6,9-10,14-16,24H2,1-2H3/t19-,20-/m1/s1. The molecule has 0 heterocycles. The zero-order valence-corrected chi connectivity index (χ0v) is 16.8. The Morgan fingerprint density at radius 1 is 1.11 bits per heavy atom. The molecule has 1 saturated carbocycles. The fourth-order valence-corrected chi connectivity index (χ4v) is 3.94. The molecule has 1 amide bonds. The monoisotopic (exact) mass is 382 g/mol. The molecule has 3 rings (SSSR count). The molecular formula is C23H30N2O3. The number of methoxy groups -OCH3 is 1. The molecule has 1 aliphatic carbocycles. The van der Waals surface area contributed by atoms with Crippen LogP contribution in [0.5, 0.6) is 11.5 Å². The van der Waals surface area contributed by atoms with Crippen molar-refractivity contribution in [2.45, 2.75) is 32.4 Å². The third-order valence-electron chi connectivity index (χ3n) is 5.54. The second-order valence-electron chi connectivity index (χ2n) is 7.49. The lowest BCUT2D eigenvalue weighted by atomic mass is 9.95. The smallest absolute Gasteiger partial charge is 0.226 e. The number of carbonyl (C=O) groups excluding carboxylic acids is 1. The number of hydrogen-bond acceptors (Lipinski definition) is 4. The summed E-state index contributed by atoms with van der Waals surface area (Å²) in [4.78, 5) is 14.6. The molecule has 2 atom stereocenters. The Morgan fingerprint density at radius 2 is 1.89 bits per heavy atom. The number of benzene rings is 2. The average molecular weight is 383 g/mol. The predicted molar refractivity (Wildman–Crippen MR) is 110 cm³/mol. The van der Waals surface area contributed by atoms with E-state index in [2.05, 4.69) is 0 Å². The van der Waals surface area contributed by atoms with Crippen molar-refractivity contribution in [1.29, 1.82) is 0 Å². The van der Waals surface area contributed by atoms with Crippen molar-refractivity contribution < 1.29 is 14.3 Å². The SMILES string of the molecule is COc1cc(CN(C)C(=O)[C@@H]2CCC[C@@H]2CN)ccc1OCc1ccccc1. The maximum atomic E-state index is 12.8. The molecule has 0 spiro atoms. The number of amides is 1. The molecule has 0 aliphatic heterocycles. The molecule has 0 bridgehead atoms. The zero-order chi connectivity index (χ0) is 19.9. The van der Waals surface area contributed by atoms with E-state index in [0.717, 1.165) is 30.4 Å². The van der Waals surface area contributed by atoms with E-state index in [-0.39, 0.29) is 11.8 Å². The molecule has 2 aromatic carbocycles. The van der Waals surface area contributed by atoms with E-state index in [4.69, 9.17) is 15.2 Å². The maximum absolute atomic E-state index is 12.8. The Balaban J connectivity index is 1.63. The second-order valence-corrected chi connectivity index (χ2v) is 7.49. The number of nitrogens with zero attached hydrogens (tertiary/aromatic N) is 1. The van der Waals surface area contributed by atoms with E-state index in [1.807, 2.05) is 55.6 Å². The summed E-state index contributed by atoms with van der Waals surface area (Å²) >= 11 is 0. The van der Waals surface area contributed by atoms with Crippen molar-refractivity contribution in [2.24, 2.45) is 17.6 Å². The van der Waals surface area contributed by atoms with E-state index in [9.17, 15) is 4.79 Å². The van der Waals surface area contributed by atoms with Gasteiger partial charge in [0, 0.05) is 19.5 Å². The van der Waals surface area contributed by atoms with Crippen LogP contribution in [0.1, 0.15) is 30.4 Å². The number of carbonyl (C=O) groups is 1. The first-order chi connectivity index (χ1) is 13.6. The largest absolute Gasteiger partial charge is 0.493 e. The van der Waals surface area contributed by atoms with Gasteiger partial charge in [0.15, 0.2) is 11.5 Å². The van der Waals surface area contributed by atoms with Gasteiger partial charge in [-0.3, -0.25) is 4.79 Å². The highest BCUT2D eigenvalue weighted by Crippen LogP contribution is 2.33. The van der Waals surface area contributed by atoms with Crippen LogP contribution >= 0.6 is 0 Å². The third-order valence-corrected chi connectivity index (χ3v) is 5.54. The number of ether oxygens (including phenoxy) is 2. The van der Waals surface area contributed by atoms with Crippen LogP contribution < -0.4 is 15.2 Å². The van der Waals surface area contributed by atoms with Crippen LogP contribution in [0, 0.1) is 11.8 Å². The molecule has 1 aliphatic rings. The van der Waals surface area contributed by atoms with Crippen molar-refractivity contribution in [2.75, 3.05) is 20.7 Å². The lowest BCUT2D eigenvalue weighted by Crippen LogP contribution is -2.36. The van der Waals surface area contributed by atoms with Gasteiger partial charge in [-0.2, -0.15) is 0 Å². The molecule has 5 nitrogen and oxygen atoms in total. The van der Waals surface area contributed by atoms with E-state index in [1.165, 1.54) is 0 Å². The molecule has 5 heteroatoms. The third kappa shape index (κ3) is 4.84. The normalized spacial score (nSPS) is 18.7. The topological polar surface area (TPSA) is 64.8 Å². The van der Waals surface area contributed by atoms with Crippen LogP contribution in [-0.4, -0.2) is 31.5 Å². The van der Waals surface area contributed by atoms with Crippen molar-refractivity contribution in [1.82, 2.24) is 4.90 Å². The maximum Gasteiger partial charge on any atom is 0.226 e. The Labute approximate surface area is 167 Å². The number of nitrogens with two attached hydrogens (primary N) is 1. The van der Waals surface area contributed by atoms with E-state index in [0.29, 0.717) is 37.1 Å². The minimum Gasteiger partial charge on any atom is -0.493 e. The van der Waals surface area contributed by atoms with E-state index < -0.39 is 0 Å². The Morgan fingerprint density at radius 3 is 2.61 bits per heavy atom. The summed E-state index contributed by atoms with van der Waals surface area (Å²) in [6.45, 7) is 1.62. The van der Waals surface area contributed by atoms with Crippen LogP contribution in [0.25, 0.3) is 0 Å². The molecule has 0 radical (unpaired) electrons. The van der Waals surface area contributed by atoms with Gasteiger partial charge in [0.2, 0.25) is 5.91 Å². The summed E-state index contributed by atoms with van der Waals surface area (Å²) in [5.41, 5.74) is 7.96. The summed E-state index contributed by atoms with van der Waals surface area (Å²) in [7, 11) is 3.49. The van der Waals surface area contributed by atoms with Crippen molar-refractivity contribution in [3.05, 3.63) is 59.7 Å². The molecule has 28 heavy (non-hydrogen) atoms. The van der Waals surface area contributed by atoms with Gasteiger partial charge in [-0.25, -0.2) is 0 Å². The summed E-state index contributed by atoms with van der Waals surface area (Å²) < 4.78 is 11.4. The van der Waals surface area contributed by atoms with Gasteiger partial charge in [-0.05, 0) is 48.6 Å². The van der Waals surface area contributed by atoms with Gasteiger partial charge in [0.25, 0.3) is 0 Å². The van der Waals surface area contributed by atoms with Crippen molar-refractivity contribution in [3.8, 4) is 11.5 Å². The first-order valence-electron chi connectivity index (χ1n) is 9.91. The fraction of sp³-hybridized carbons (Fsp3) is 0.435. The van der Waals surface area contributed by atoms with Crippen LogP contribution in [0.2, 0.25) is 0 Å². The van der Waals surface area contributed by atoms with Crippen LogP contribution in [0.3, 0.4) is 0 Å². The summed E-state index contributed by atoms with van der Waals surface area (Å²) in [6, 6.07) is 15.9. The molecule has 0 aromatic heterocycles. The summed E-state index contributed by atoms with van der Waals surface area (Å²) in [5, 5.41) is 0. The average Bonchev–Trinajstić information content (AvgIpc) is 3.21. The molecule has 1 fully saturated rings. The highest BCUT2D eigenvalue weighted by atomic mass is 16.5. The summed E-state index contributed by atoms with van der Waals surface area (Å²) in [6.07, 6.45) is 3.09. The van der Waals surface area contributed by atoms with Gasteiger partial charge in [-0.1, -0.05) is 42.8 Å². The van der Waals surface area contributed by atoms with Crippen molar-refractivity contribution in [3.63, 3.8) is 0 Å². The Bertz CT molecular complexity index is 779. The van der Waals surface area contributed by atoms with Gasteiger partial charge >= 0.3 is 0 Å². The summed E-state index contributed by atoms with van der Waals surface area (Å²) in [5.74, 6) is 1.94. The minimum absolute atomic E-state index is 0.0605.